The quantitative estimate of drug-likeness (QED) is 0.0262. The van der Waals surface area contributed by atoms with Crippen LogP contribution >= 0.6 is 0 Å². The molecule has 0 aliphatic heterocycles. The van der Waals surface area contributed by atoms with Gasteiger partial charge >= 0.3 is 17.9 Å². The molecule has 370 valence electrons. The normalized spacial score (nSPS) is 12.8. The molecule has 1 unspecified atom stereocenters. The Morgan fingerprint density at radius 1 is 0.323 bits per heavy atom. The Balaban J connectivity index is 4.51. The Morgan fingerprint density at radius 3 is 1.08 bits per heavy atom. The average molecular weight is 903 g/mol. The molecule has 6 heteroatoms. The largest absolute Gasteiger partial charge is 0.462 e. The van der Waals surface area contributed by atoms with E-state index in [0.717, 1.165) is 89.9 Å². The van der Waals surface area contributed by atoms with E-state index in [1.54, 1.807) is 0 Å². The number of hydrogen-bond donors (Lipinski definition) is 0. The van der Waals surface area contributed by atoms with Gasteiger partial charge in [-0.3, -0.25) is 14.4 Å². The summed E-state index contributed by atoms with van der Waals surface area (Å²) in [5, 5.41) is 0. The van der Waals surface area contributed by atoms with Gasteiger partial charge in [0.1, 0.15) is 13.2 Å². The Kier molecular flexibility index (Phi) is 50.0. The van der Waals surface area contributed by atoms with Gasteiger partial charge in [0.25, 0.3) is 0 Å². The lowest BCUT2D eigenvalue weighted by Crippen LogP contribution is -2.30. The third kappa shape index (κ3) is 51.2. The Hall–Kier alpha value is -3.67. The maximum absolute atomic E-state index is 12.8. The number of ether oxygens (including phenoxy) is 3. The van der Waals surface area contributed by atoms with Crippen LogP contribution in [0.15, 0.2) is 97.2 Å². The summed E-state index contributed by atoms with van der Waals surface area (Å²) in [7, 11) is 0. The second kappa shape index (κ2) is 52.9. The smallest absolute Gasteiger partial charge is 0.306 e. The van der Waals surface area contributed by atoms with Gasteiger partial charge < -0.3 is 14.2 Å². The first-order valence-electron chi connectivity index (χ1n) is 26.7. The minimum absolute atomic E-state index is 0.114. The summed E-state index contributed by atoms with van der Waals surface area (Å²) in [5.41, 5.74) is 0. The molecular weight excluding hydrogens is 805 g/mol. The van der Waals surface area contributed by atoms with Crippen molar-refractivity contribution >= 4 is 17.9 Å². The molecule has 6 nitrogen and oxygen atoms in total. The molecule has 0 amide bonds. The van der Waals surface area contributed by atoms with Crippen molar-refractivity contribution in [3.8, 4) is 0 Å². The summed E-state index contributed by atoms with van der Waals surface area (Å²) >= 11 is 0. The predicted molar refractivity (Wildman–Crippen MR) is 279 cm³/mol. The van der Waals surface area contributed by atoms with Gasteiger partial charge in [0.15, 0.2) is 6.10 Å². The average Bonchev–Trinajstić information content (AvgIpc) is 3.30. The third-order valence-electron chi connectivity index (χ3n) is 11.1. The maximum Gasteiger partial charge on any atom is 0.306 e. The molecule has 0 aromatic rings. The zero-order chi connectivity index (χ0) is 47.2. The van der Waals surface area contributed by atoms with E-state index in [0.29, 0.717) is 19.3 Å². The molecule has 0 saturated heterocycles. The molecule has 0 aliphatic carbocycles. The number of rotatable bonds is 47. The minimum atomic E-state index is -0.816. The molecule has 0 saturated carbocycles. The molecule has 0 fully saturated rings. The van der Waals surface area contributed by atoms with Crippen molar-refractivity contribution in [2.45, 2.75) is 245 Å². The van der Waals surface area contributed by atoms with Crippen LogP contribution in [0.5, 0.6) is 0 Å². The van der Waals surface area contributed by atoms with E-state index in [4.69, 9.17) is 14.2 Å². The van der Waals surface area contributed by atoms with Crippen molar-refractivity contribution in [2.75, 3.05) is 13.2 Å². The second-order valence-corrected chi connectivity index (χ2v) is 17.4. The number of carbonyl (C=O) groups excluding carboxylic acids is 3. The Bertz CT molecular complexity index is 1310. The lowest BCUT2D eigenvalue weighted by atomic mass is 10.1. The monoisotopic (exact) mass is 903 g/mol. The first-order chi connectivity index (χ1) is 32.0. The van der Waals surface area contributed by atoms with Crippen LogP contribution in [0.3, 0.4) is 0 Å². The van der Waals surface area contributed by atoms with Gasteiger partial charge in [0.2, 0.25) is 0 Å². The fraction of sp³-hybridized carbons (Fsp3) is 0.678. The Morgan fingerprint density at radius 2 is 0.631 bits per heavy atom. The number of allylic oxidation sites excluding steroid dienone is 16. The van der Waals surface area contributed by atoms with Crippen LogP contribution in [-0.4, -0.2) is 37.2 Å². The van der Waals surface area contributed by atoms with Gasteiger partial charge in [0.05, 0.1) is 0 Å². The van der Waals surface area contributed by atoms with Gasteiger partial charge in [0, 0.05) is 19.3 Å². The van der Waals surface area contributed by atoms with Crippen LogP contribution < -0.4 is 0 Å². The van der Waals surface area contributed by atoms with Crippen molar-refractivity contribution in [3.63, 3.8) is 0 Å². The molecule has 0 aromatic heterocycles. The number of unbranched alkanes of at least 4 members (excludes halogenated alkanes) is 20. The van der Waals surface area contributed by atoms with Crippen LogP contribution in [0, 0.1) is 0 Å². The van der Waals surface area contributed by atoms with Gasteiger partial charge in [-0.25, -0.2) is 0 Å². The zero-order valence-corrected chi connectivity index (χ0v) is 42.2. The first kappa shape index (κ1) is 61.3. The van der Waals surface area contributed by atoms with E-state index in [1.165, 1.54) is 103 Å². The third-order valence-corrected chi connectivity index (χ3v) is 11.1. The van der Waals surface area contributed by atoms with Crippen molar-refractivity contribution in [1.82, 2.24) is 0 Å². The van der Waals surface area contributed by atoms with E-state index in [2.05, 4.69) is 112 Å². The molecule has 0 heterocycles. The summed E-state index contributed by atoms with van der Waals surface area (Å²) < 4.78 is 16.7. The lowest BCUT2D eigenvalue weighted by molar-refractivity contribution is -0.166. The maximum atomic E-state index is 12.8. The molecule has 0 aliphatic rings. The van der Waals surface area contributed by atoms with Gasteiger partial charge in [-0.15, -0.1) is 0 Å². The topological polar surface area (TPSA) is 78.9 Å². The highest BCUT2D eigenvalue weighted by Gasteiger charge is 2.19. The molecule has 0 spiro atoms. The predicted octanol–water partition coefficient (Wildman–Crippen LogP) is 17.8. The summed E-state index contributed by atoms with van der Waals surface area (Å²) in [4.78, 5) is 38.0. The fourth-order valence-electron chi connectivity index (χ4n) is 7.04. The van der Waals surface area contributed by atoms with Gasteiger partial charge in [-0.1, -0.05) is 208 Å². The summed E-state index contributed by atoms with van der Waals surface area (Å²) in [6, 6.07) is 0. The van der Waals surface area contributed by atoms with Crippen LogP contribution in [0.2, 0.25) is 0 Å². The second-order valence-electron chi connectivity index (χ2n) is 17.4. The van der Waals surface area contributed by atoms with E-state index in [1.807, 2.05) is 6.08 Å². The van der Waals surface area contributed by atoms with Crippen LogP contribution in [-0.2, 0) is 28.6 Å². The SMILES string of the molecule is CC/C=C/C/C=C/C/C=C/C/C=C/C/C=C/CCCCCC(=O)OCC(COC(=O)CC/C=C/C/C=C/CCCCCCCC)OC(=O)CCCCCCCCC/C=C/CCCCCC. The van der Waals surface area contributed by atoms with E-state index in [9.17, 15) is 14.4 Å². The highest BCUT2D eigenvalue weighted by Crippen LogP contribution is 2.13. The van der Waals surface area contributed by atoms with Crippen molar-refractivity contribution < 1.29 is 28.6 Å². The number of esters is 3. The van der Waals surface area contributed by atoms with E-state index >= 15 is 0 Å². The number of carbonyl (C=O) groups is 3. The highest BCUT2D eigenvalue weighted by molar-refractivity contribution is 5.71. The van der Waals surface area contributed by atoms with E-state index < -0.39 is 6.10 Å². The molecular formula is C59H98O6. The Labute approximate surface area is 400 Å². The van der Waals surface area contributed by atoms with Crippen molar-refractivity contribution in [3.05, 3.63) is 97.2 Å². The van der Waals surface area contributed by atoms with E-state index in [-0.39, 0.29) is 37.5 Å². The van der Waals surface area contributed by atoms with Gasteiger partial charge in [-0.2, -0.15) is 0 Å². The summed E-state index contributed by atoms with van der Waals surface area (Å²) in [6.45, 7) is 6.41. The van der Waals surface area contributed by atoms with Crippen molar-refractivity contribution in [2.24, 2.45) is 0 Å². The molecule has 0 bridgehead atoms. The summed E-state index contributed by atoms with van der Waals surface area (Å²) in [5.74, 6) is -1.02. The zero-order valence-electron chi connectivity index (χ0n) is 42.2. The fourth-order valence-corrected chi connectivity index (χ4v) is 7.04. The minimum Gasteiger partial charge on any atom is -0.462 e. The highest BCUT2D eigenvalue weighted by atomic mass is 16.6. The molecule has 1 atom stereocenters. The van der Waals surface area contributed by atoms with Crippen LogP contribution in [0.25, 0.3) is 0 Å². The van der Waals surface area contributed by atoms with Crippen LogP contribution in [0.4, 0.5) is 0 Å². The molecule has 0 aromatic carbocycles. The van der Waals surface area contributed by atoms with Crippen molar-refractivity contribution in [1.29, 1.82) is 0 Å². The molecule has 0 rings (SSSR count). The molecule has 0 N–H and O–H groups in total. The summed E-state index contributed by atoms with van der Waals surface area (Å²) in [6.07, 6.45) is 69.7. The lowest BCUT2D eigenvalue weighted by Gasteiger charge is -2.18. The number of hydrogen-bond acceptors (Lipinski definition) is 6. The first-order valence-corrected chi connectivity index (χ1v) is 26.7. The van der Waals surface area contributed by atoms with Crippen LogP contribution in [0.1, 0.15) is 239 Å². The van der Waals surface area contributed by atoms with Gasteiger partial charge in [-0.05, 0) is 109 Å². The molecule has 0 radical (unpaired) electrons. The molecule has 65 heavy (non-hydrogen) atoms. The standard InChI is InChI=1S/C59H98O6/c1-4-7-10-13-16-19-22-25-27-28-29-30-32-34-37-40-43-46-49-52-58(61)64-55-56(54-63-57(60)51-48-45-42-39-36-33-24-21-18-15-12-9-6-3)65-59(62)53-50-47-44-41-38-35-31-26-23-20-17-14-11-8-5-2/h7,10,16,19-20,23,25,27,29-30,33-34,36-37,42,45,56H,4-6,8-9,11-15,17-18,21-22,24,26,28,31-32,35,38-41,43-44,46-55H2,1-3H3/b10-7+,19-16+,23-20+,27-25+,30-29+,36-33+,37-34+,45-42+.